The maximum atomic E-state index is 13.6. The minimum atomic E-state index is -4.77. The molecule has 0 saturated heterocycles. The molecule has 2 aliphatic rings. The summed E-state index contributed by atoms with van der Waals surface area (Å²) in [6, 6.07) is 9.81. The van der Waals surface area contributed by atoms with Crippen LogP contribution >= 0.6 is 15.9 Å². The number of fused-ring (bicyclic) bond motifs is 4. The van der Waals surface area contributed by atoms with Gasteiger partial charge in [-0.2, -0.15) is 23.5 Å². The van der Waals surface area contributed by atoms with Crippen LogP contribution in [0.3, 0.4) is 0 Å². The maximum absolute atomic E-state index is 13.6. The predicted molar refractivity (Wildman–Crippen MR) is 114 cm³/mol. The molecule has 2 heterocycles. The van der Waals surface area contributed by atoms with Crippen LogP contribution < -0.4 is 4.74 Å². The van der Waals surface area contributed by atoms with Crippen LogP contribution in [0.15, 0.2) is 41.0 Å². The molecular weight excluding hydrogens is 506 g/mol. The number of alkyl halides is 3. The van der Waals surface area contributed by atoms with Crippen molar-refractivity contribution in [1.82, 2.24) is 9.78 Å². The second kappa shape index (κ2) is 7.43. The minimum absolute atomic E-state index is 0.101. The SMILES string of the molecule is N#C[C@@]12CC[C@](O)(C(F)(F)F)C[C@H]1CCOc1c2cc2cnn(-c3ccc(F)cc3)c2c1Br. The fourth-order valence-electron chi connectivity index (χ4n) is 5.15. The van der Waals surface area contributed by atoms with Gasteiger partial charge >= 0.3 is 6.18 Å². The molecule has 3 aromatic rings. The van der Waals surface area contributed by atoms with Crippen LogP contribution in [0.1, 0.15) is 31.2 Å². The van der Waals surface area contributed by atoms with E-state index in [9.17, 15) is 27.9 Å². The van der Waals surface area contributed by atoms with Gasteiger partial charge in [-0.05, 0) is 77.9 Å². The summed E-state index contributed by atoms with van der Waals surface area (Å²) in [5.74, 6) is -0.738. The van der Waals surface area contributed by atoms with Gasteiger partial charge in [0.15, 0.2) is 5.60 Å². The Kier molecular flexibility index (Phi) is 4.99. The number of hydrogen-bond donors (Lipinski definition) is 1. The average molecular weight is 524 g/mol. The lowest BCUT2D eigenvalue weighted by molar-refractivity contribution is -0.277. The van der Waals surface area contributed by atoms with Gasteiger partial charge in [0.2, 0.25) is 0 Å². The summed E-state index contributed by atoms with van der Waals surface area (Å²) in [5.41, 5.74) is -2.32. The molecular formula is C23H18BrF4N3O2. The summed E-state index contributed by atoms with van der Waals surface area (Å²) < 4.78 is 62.2. The van der Waals surface area contributed by atoms with Crippen LogP contribution in [0, 0.1) is 23.1 Å². The van der Waals surface area contributed by atoms with Gasteiger partial charge in [0, 0.05) is 10.9 Å². The molecule has 172 valence electrons. The summed E-state index contributed by atoms with van der Waals surface area (Å²) in [7, 11) is 0. The Morgan fingerprint density at radius 2 is 1.97 bits per heavy atom. The molecule has 1 N–H and O–H groups in total. The molecule has 1 aromatic heterocycles. The number of rotatable bonds is 1. The number of nitriles is 1. The number of ether oxygens (including phenoxy) is 1. The number of benzene rings is 2. The van der Waals surface area contributed by atoms with Crippen molar-refractivity contribution in [2.45, 2.75) is 42.9 Å². The van der Waals surface area contributed by atoms with Crippen molar-refractivity contribution in [1.29, 1.82) is 5.26 Å². The zero-order valence-electron chi connectivity index (χ0n) is 17.2. The lowest BCUT2D eigenvalue weighted by Crippen LogP contribution is -2.54. The molecule has 3 atom stereocenters. The van der Waals surface area contributed by atoms with E-state index in [-0.39, 0.29) is 25.3 Å². The molecule has 0 unspecified atom stereocenters. The summed E-state index contributed by atoms with van der Waals surface area (Å²) in [6.45, 7) is 0.101. The minimum Gasteiger partial charge on any atom is -0.492 e. The van der Waals surface area contributed by atoms with Crippen LogP contribution in [-0.4, -0.2) is 33.3 Å². The molecule has 0 amide bonds. The van der Waals surface area contributed by atoms with Gasteiger partial charge in [-0.25, -0.2) is 9.07 Å². The van der Waals surface area contributed by atoms with Gasteiger partial charge in [-0.15, -0.1) is 0 Å². The lowest BCUT2D eigenvalue weighted by atomic mass is 9.58. The Bertz CT molecular complexity index is 1280. The molecule has 0 spiro atoms. The first-order valence-electron chi connectivity index (χ1n) is 10.4. The fraction of sp³-hybridized carbons (Fsp3) is 0.391. The van der Waals surface area contributed by atoms with Crippen molar-refractivity contribution < 1.29 is 27.4 Å². The maximum Gasteiger partial charge on any atom is 0.417 e. The van der Waals surface area contributed by atoms with Crippen molar-refractivity contribution in [2.75, 3.05) is 6.61 Å². The van der Waals surface area contributed by atoms with Gasteiger partial charge in [0.25, 0.3) is 0 Å². The second-order valence-electron chi connectivity index (χ2n) is 8.69. The first kappa shape index (κ1) is 22.2. The average Bonchev–Trinajstić information content (AvgIpc) is 3.12. The molecule has 1 fully saturated rings. The van der Waals surface area contributed by atoms with Gasteiger partial charge in [0.1, 0.15) is 11.6 Å². The Labute approximate surface area is 194 Å². The monoisotopic (exact) mass is 523 g/mol. The van der Waals surface area contributed by atoms with Crippen molar-refractivity contribution in [2.24, 2.45) is 5.92 Å². The van der Waals surface area contributed by atoms with E-state index in [1.54, 1.807) is 29.1 Å². The highest BCUT2D eigenvalue weighted by Crippen LogP contribution is 2.57. The van der Waals surface area contributed by atoms with Crippen LogP contribution in [0.2, 0.25) is 0 Å². The van der Waals surface area contributed by atoms with Gasteiger partial charge in [-0.3, -0.25) is 0 Å². The summed E-state index contributed by atoms with van der Waals surface area (Å²) in [4.78, 5) is 0. The molecule has 0 radical (unpaired) electrons. The zero-order chi connectivity index (χ0) is 23.6. The zero-order valence-corrected chi connectivity index (χ0v) is 18.7. The number of halogens is 5. The molecule has 10 heteroatoms. The van der Waals surface area contributed by atoms with Crippen LogP contribution in [0.5, 0.6) is 5.75 Å². The third kappa shape index (κ3) is 3.24. The molecule has 1 aliphatic heterocycles. The molecule has 5 nitrogen and oxygen atoms in total. The van der Waals surface area contributed by atoms with E-state index < -0.39 is 36.0 Å². The Balaban J connectivity index is 1.67. The second-order valence-corrected chi connectivity index (χ2v) is 9.48. The van der Waals surface area contributed by atoms with Crippen LogP contribution in [0.25, 0.3) is 16.6 Å². The van der Waals surface area contributed by atoms with Gasteiger partial charge in [-0.1, -0.05) is 0 Å². The fourth-order valence-corrected chi connectivity index (χ4v) is 5.87. The summed E-state index contributed by atoms with van der Waals surface area (Å²) in [6.07, 6.45) is -4.25. The molecule has 0 bridgehead atoms. The number of hydrogen-bond acceptors (Lipinski definition) is 4. The third-order valence-electron chi connectivity index (χ3n) is 6.95. The van der Waals surface area contributed by atoms with E-state index in [1.807, 2.05) is 0 Å². The van der Waals surface area contributed by atoms with E-state index in [2.05, 4.69) is 27.1 Å². The topological polar surface area (TPSA) is 71.1 Å². The van der Waals surface area contributed by atoms with Crippen molar-refractivity contribution in [3.63, 3.8) is 0 Å². The Morgan fingerprint density at radius 1 is 1.24 bits per heavy atom. The highest BCUT2D eigenvalue weighted by atomic mass is 79.9. The highest BCUT2D eigenvalue weighted by molar-refractivity contribution is 9.10. The molecule has 1 aliphatic carbocycles. The highest BCUT2D eigenvalue weighted by Gasteiger charge is 2.61. The first-order chi connectivity index (χ1) is 15.6. The molecule has 2 aromatic carbocycles. The molecule has 33 heavy (non-hydrogen) atoms. The van der Waals surface area contributed by atoms with E-state index in [4.69, 9.17) is 4.74 Å². The first-order valence-corrected chi connectivity index (χ1v) is 11.2. The van der Waals surface area contributed by atoms with E-state index >= 15 is 0 Å². The largest absolute Gasteiger partial charge is 0.492 e. The van der Waals surface area contributed by atoms with E-state index in [0.29, 0.717) is 32.4 Å². The van der Waals surface area contributed by atoms with Crippen molar-refractivity contribution in [3.8, 4) is 17.5 Å². The van der Waals surface area contributed by atoms with Crippen molar-refractivity contribution >= 4 is 26.8 Å². The molecule has 1 saturated carbocycles. The van der Waals surface area contributed by atoms with Crippen LogP contribution in [-0.2, 0) is 5.41 Å². The standard InChI is InChI=1S/C23H18BrF4N3O2/c24-18-19-13(11-30-31(19)16-3-1-15(25)2-4-16)9-17-20(18)33-8-5-14-10-22(32,23(26,27)28)7-6-21(14,17)12-29/h1-4,9,11,14,32H,5-8,10H2/t14-,21+,22-/m1/s1. The lowest BCUT2D eigenvalue weighted by Gasteiger charge is -2.46. The number of aliphatic hydroxyl groups is 1. The molecule has 5 rings (SSSR count). The smallest absolute Gasteiger partial charge is 0.417 e. The van der Waals surface area contributed by atoms with Gasteiger partial charge in [0.05, 0.1) is 40.0 Å². The van der Waals surface area contributed by atoms with E-state index in [1.165, 1.54) is 12.1 Å². The number of aromatic nitrogens is 2. The number of nitrogens with zero attached hydrogens (tertiary/aromatic N) is 3. The van der Waals surface area contributed by atoms with Crippen molar-refractivity contribution in [3.05, 3.63) is 52.4 Å². The van der Waals surface area contributed by atoms with Gasteiger partial charge < -0.3 is 9.84 Å². The summed E-state index contributed by atoms with van der Waals surface area (Å²) >= 11 is 3.57. The third-order valence-corrected chi connectivity index (χ3v) is 7.69. The Hall–Kier alpha value is -2.64. The summed E-state index contributed by atoms with van der Waals surface area (Å²) in [5, 5.41) is 25.6. The van der Waals surface area contributed by atoms with E-state index in [0.717, 1.165) is 0 Å². The Morgan fingerprint density at radius 3 is 2.64 bits per heavy atom. The quantitative estimate of drug-likeness (QED) is 0.423. The predicted octanol–water partition coefficient (Wildman–Crippen LogP) is 5.56. The van der Waals surface area contributed by atoms with Crippen LogP contribution in [0.4, 0.5) is 17.6 Å². The normalized spacial score (nSPS) is 27.2.